The fourth-order valence-corrected chi connectivity index (χ4v) is 1.87. The number of nitrogens with zero attached hydrogens (tertiary/aromatic N) is 2. The summed E-state index contributed by atoms with van der Waals surface area (Å²) in [6.07, 6.45) is 2.08. The summed E-state index contributed by atoms with van der Waals surface area (Å²) in [5, 5.41) is 25.4. The van der Waals surface area contributed by atoms with Crippen molar-refractivity contribution in [2.45, 2.75) is 26.8 Å². The van der Waals surface area contributed by atoms with Crippen molar-refractivity contribution in [2.24, 2.45) is 0 Å². The molecule has 0 aromatic heterocycles. The van der Waals surface area contributed by atoms with Crippen molar-refractivity contribution >= 4 is 17.5 Å². The van der Waals surface area contributed by atoms with Gasteiger partial charge >= 0.3 is 6.09 Å². The number of ether oxygens (including phenoxy) is 1. The second kappa shape index (κ2) is 8.25. The van der Waals surface area contributed by atoms with Crippen LogP contribution in [0.1, 0.15) is 20.8 Å². The first kappa shape index (κ1) is 18.6. The molecular formula is C15H21N3O5. The Balaban J connectivity index is 2.58. The Morgan fingerprint density at radius 1 is 1.43 bits per heavy atom. The summed E-state index contributed by atoms with van der Waals surface area (Å²) >= 11 is 0. The second-order valence-corrected chi connectivity index (χ2v) is 5.15. The van der Waals surface area contributed by atoms with Gasteiger partial charge in [-0.2, -0.15) is 0 Å². The first-order valence-electron chi connectivity index (χ1n) is 7.23. The minimum absolute atomic E-state index is 0.0520. The highest BCUT2D eigenvalue weighted by molar-refractivity contribution is 5.87. The van der Waals surface area contributed by atoms with E-state index in [2.05, 4.69) is 5.32 Å². The number of benzene rings is 1. The zero-order chi connectivity index (χ0) is 17.5. The van der Waals surface area contributed by atoms with E-state index < -0.39 is 15.7 Å². The average molecular weight is 323 g/mol. The standard InChI is InChI=1S/C15H21N3O5/c1-4-18(22,12(2)3)10-7-11-23-15(19)16-13-8-5-6-9-14(13)17(20)21/h5-10,12H,4,11H2,1-3H3,(H,16,19)/b10-7+. The summed E-state index contributed by atoms with van der Waals surface area (Å²) in [6, 6.07) is 5.61. The number of rotatable bonds is 7. The van der Waals surface area contributed by atoms with Crippen LogP contribution in [0.5, 0.6) is 0 Å². The van der Waals surface area contributed by atoms with Crippen molar-refractivity contribution < 1.29 is 19.1 Å². The van der Waals surface area contributed by atoms with Gasteiger partial charge in [0.2, 0.25) is 0 Å². The number of nitrogens with one attached hydrogen (secondary N) is 1. The maximum atomic E-state index is 12.2. The molecule has 0 spiro atoms. The van der Waals surface area contributed by atoms with Crippen molar-refractivity contribution in [3.63, 3.8) is 0 Å². The Kier molecular flexibility index (Phi) is 6.67. The molecule has 0 saturated carbocycles. The van der Waals surface area contributed by atoms with E-state index >= 15 is 0 Å². The van der Waals surface area contributed by atoms with Crippen molar-refractivity contribution in [3.8, 4) is 0 Å². The van der Waals surface area contributed by atoms with Crippen LogP contribution in [0.3, 0.4) is 0 Å². The quantitative estimate of drug-likeness (QED) is 0.470. The average Bonchev–Trinajstić information content (AvgIpc) is 2.51. The first-order valence-corrected chi connectivity index (χ1v) is 7.23. The monoisotopic (exact) mass is 323 g/mol. The summed E-state index contributed by atoms with van der Waals surface area (Å²) < 4.78 is 4.37. The van der Waals surface area contributed by atoms with Crippen LogP contribution in [0.2, 0.25) is 0 Å². The minimum Gasteiger partial charge on any atom is -0.628 e. The van der Waals surface area contributed by atoms with Gasteiger partial charge < -0.3 is 14.6 Å². The number of quaternary nitrogens is 1. The number of hydrogen-bond acceptors (Lipinski definition) is 5. The molecule has 1 N–H and O–H groups in total. The van der Waals surface area contributed by atoms with Gasteiger partial charge in [-0.1, -0.05) is 12.1 Å². The lowest BCUT2D eigenvalue weighted by Gasteiger charge is -2.42. The van der Waals surface area contributed by atoms with Gasteiger partial charge in [0.1, 0.15) is 12.3 Å². The molecular weight excluding hydrogens is 302 g/mol. The number of nitro benzene ring substituents is 1. The molecule has 0 fully saturated rings. The Bertz CT molecular complexity index is 588. The van der Waals surface area contributed by atoms with E-state index in [-0.39, 0.29) is 24.0 Å². The zero-order valence-electron chi connectivity index (χ0n) is 13.4. The second-order valence-electron chi connectivity index (χ2n) is 5.15. The summed E-state index contributed by atoms with van der Waals surface area (Å²) in [5.74, 6) is 0. The molecule has 0 aliphatic heterocycles. The maximum Gasteiger partial charge on any atom is 0.412 e. The van der Waals surface area contributed by atoms with Crippen molar-refractivity contribution in [3.05, 3.63) is 51.9 Å². The predicted octanol–water partition coefficient (Wildman–Crippen LogP) is 3.40. The summed E-state index contributed by atoms with van der Waals surface area (Å²) in [6.45, 7) is 5.67. The van der Waals surface area contributed by atoms with Gasteiger partial charge in [-0.25, -0.2) is 4.79 Å². The van der Waals surface area contributed by atoms with Crippen LogP contribution in [0.15, 0.2) is 36.5 Å². The molecule has 0 aliphatic carbocycles. The summed E-state index contributed by atoms with van der Waals surface area (Å²) in [5.41, 5.74) is -0.169. The van der Waals surface area contributed by atoms with E-state index in [0.717, 1.165) is 0 Å². The van der Waals surface area contributed by atoms with Crippen LogP contribution in [-0.4, -0.2) is 34.9 Å². The Hall–Kier alpha value is -2.45. The van der Waals surface area contributed by atoms with Gasteiger partial charge in [0.15, 0.2) is 0 Å². The zero-order valence-corrected chi connectivity index (χ0v) is 13.4. The molecule has 126 valence electrons. The van der Waals surface area contributed by atoms with Gasteiger partial charge in [0.25, 0.3) is 5.69 Å². The number of para-hydroxylation sites is 2. The molecule has 1 rings (SSSR count). The van der Waals surface area contributed by atoms with Gasteiger partial charge in [-0.05, 0) is 26.8 Å². The SMILES string of the molecule is CC[N+]([O-])(/C=C/COC(=O)Nc1ccccc1[N+](=O)[O-])C(C)C. The van der Waals surface area contributed by atoms with Gasteiger partial charge in [-0.15, -0.1) is 0 Å². The van der Waals surface area contributed by atoms with Crippen molar-refractivity contribution in [1.29, 1.82) is 0 Å². The van der Waals surface area contributed by atoms with Crippen molar-refractivity contribution in [1.82, 2.24) is 0 Å². The van der Waals surface area contributed by atoms with E-state index in [1.165, 1.54) is 30.5 Å². The third kappa shape index (κ3) is 5.35. The fourth-order valence-electron chi connectivity index (χ4n) is 1.87. The number of amides is 1. The van der Waals surface area contributed by atoms with Crippen LogP contribution >= 0.6 is 0 Å². The Labute approximate surface area is 134 Å². The summed E-state index contributed by atoms with van der Waals surface area (Å²) in [4.78, 5) is 21.9. The number of nitro groups is 1. The number of carbonyl (C=O) groups excluding carboxylic acids is 1. The molecule has 1 aromatic rings. The highest BCUT2D eigenvalue weighted by Gasteiger charge is 2.16. The Morgan fingerprint density at radius 3 is 2.65 bits per heavy atom. The molecule has 0 aliphatic rings. The third-order valence-corrected chi connectivity index (χ3v) is 3.37. The van der Waals surface area contributed by atoms with Crippen LogP contribution in [-0.2, 0) is 4.74 Å². The van der Waals surface area contributed by atoms with E-state index in [4.69, 9.17) is 4.74 Å². The lowest BCUT2D eigenvalue weighted by molar-refractivity contribution is -0.849. The topological polar surface area (TPSA) is 105 Å². The van der Waals surface area contributed by atoms with E-state index in [1.807, 2.05) is 13.8 Å². The smallest absolute Gasteiger partial charge is 0.412 e. The molecule has 23 heavy (non-hydrogen) atoms. The van der Waals surface area contributed by atoms with Crippen LogP contribution in [0, 0.1) is 15.3 Å². The molecule has 1 amide bonds. The van der Waals surface area contributed by atoms with Gasteiger partial charge in [0, 0.05) is 12.1 Å². The molecule has 0 bridgehead atoms. The lowest BCUT2D eigenvalue weighted by Crippen LogP contribution is -2.42. The highest BCUT2D eigenvalue weighted by atomic mass is 16.6. The molecule has 8 heteroatoms. The molecule has 0 heterocycles. The minimum atomic E-state index is -0.825. The normalized spacial score (nSPS) is 13.8. The Morgan fingerprint density at radius 2 is 2.09 bits per heavy atom. The summed E-state index contributed by atoms with van der Waals surface area (Å²) in [7, 11) is 0. The number of hydroxylamine groups is 3. The number of hydrogen-bond donors (Lipinski definition) is 1. The fraction of sp³-hybridized carbons (Fsp3) is 0.400. The highest BCUT2D eigenvalue weighted by Crippen LogP contribution is 2.23. The lowest BCUT2D eigenvalue weighted by atomic mass is 10.3. The molecule has 8 nitrogen and oxygen atoms in total. The van der Waals surface area contributed by atoms with Gasteiger partial charge in [-0.3, -0.25) is 15.4 Å². The van der Waals surface area contributed by atoms with E-state index in [0.29, 0.717) is 6.54 Å². The van der Waals surface area contributed by atoms with E-state index in [9.17, 15) is 20.1 Å². The van der Waals surface area contributed by atoms with Crippen LogP contribution < -0.4 is 5.32 Å². The van der Waals surface area contributed by atoms with E-state index in [1.54, 1.807) is 13.0 Å². The molecule has 1 unspecified atom stereocenters. The number of carbonyl (C=O) groups is 1. The number of anilines is 1. The molecule has 0 radical (unpaired) electrons. The van der Waals surface area contributed by atoms with Crippen LogP contribution in [0.4, 0.5) is 16.2 Å². The molecule has 1 atom stereocenters. The molecule has 0 saturated heterocycles. The predicted molar refractivity (Wildman–Crippen MR) is 86.5 cm³/mol. The first-order chi connectivity index (χ1) is 10.8. The largest absolute Gasteiger partial charge is 0.628 e. The van der Waals surface area contributed by atoms with Gasteiger partial charge in [0.05, 0.1) is 23.7 Å². The molecule has 1 aromatic carbocycles. The van der Waals surface area contributed by atoms with Crippen LogP contribution in [0.25, 0.3) is 0 Å². The third-order valence-electron chi connectivity index (χ3n) is 3.37. The van der Waals surface area contributed by atoms with Crippen molar-refractivity contribution in [2.75, 3.05) is 18.5 Å². The maximum absolute atomic E-state index is 12.2.